The average Bonchev–Trinajstić information content (AvgIpc) is 1.89. The van der Waals surface area contributed by atoms with Crippen LogP contribution in [0.2, 0.25) is 0 Å². The molecule has 1 fully saturated rings. The topological polar surface area (TPSA) is 9.23 Å². The molecule has 0 aromatic carbocycles. The summed E-state index contributed by atoms with van der Waals surface area (Å²) in [7, 11) is 2.32. The molecule has 0 N–H and O–H groups in total. The highest BCUT2D eigenvalue weighted by molar-refractivity contribution is 7.81. The van der Waals surface area contributed by atoms with Gasteiger partial charge in [-0.15, -0.1) is 0 Å². The van der Waals surface area contributed by atoms with E-state index >= 15 is 0 Å². The third-order valence-electron chi connectivity index (χ3n) is 1.84. The Bertz CT molecular complexity index is 89.1. The van der Waals surface area contributed by atoms with Gasteiger partial charge in [-0.2, -0.15) is 12.6 Å². The highest BCUT2D eigenvalue weighted by Crippen LogP contribution is 2.26. The number of hydrogen-bond acceptors (Lipinski definition) is 2. The minimum absolute atomic E-state index is 0.382. The highest BCUT2D eigenvalue weighted by Gasteiger charge is 2.20. The van der Waals surface area contributed by atoms with Crippen molar-refractivity contribution in [3.8, 4) is 0 Å². The maximum absolute atomic E-state index is 5.14. The van der Waals surface area contributed by atoms with E-state index in [1.807, 2.05) is 0 Å². The third-order valence-corrected chi connectivity index (χ3v) is 2.78. The van der Waals surface area contributed by atoms with Crippen molar-refractivity contribution in [2.75, 3.05) is 0 Å². The van der Waals surface area contributed by atoms with Crippen LogP contribution in [0.3, 0.4) is 0 Å². The molecule has 1 nitrogen and oxygen atoms in total. The average molecular weight is 164 g/mol. The van der Waals surface area contributed by atoms with Crippen LogP contribution >= 0.6 is 22.1 Å². The zero-order valence-electron chi connectivity index (χ0n) is 5.42. The number of hydrogen-bond donors (Lipinski definition) is 1. The van der Waals surface area contributed by atoms with Gasteiger partial charge in [-0.05, 0) is 12.8 Å². The summed E-state index contributed by atoms with van der Waals surface area (Å²) in [5.74, 6) is 0. The van der Waals surface area contributed by atoms with E-state index < -0.39 is 0 Å². The molecule has 1 aliphatic rings. The molecular formula is C6H13OPS. The van der Waals surface area contributed by atoms with Crippen LogP contribution in [0.15, 0.2) is 0 Å². The fourth-order valence-corrected chi connectivity index (χ4v) is 2.10. The zero-order chi connectivity index (χ0) is 6.69. The first kappa shape index (κ1) is 7.84. The van der Waals surface area contributed by atoms with Crippen molar-refractivity contribution in [2.45, 2.75) is 37.0 Å². The van der Waals surface area contributed by atoms with Gasteiger partial charge in [-0.25, -0.2) is 0 Å². The Kier molecular flexibility index (Phi) is 3.31. The van der Waals surface area contributed by atoms with Gasteiger partial charge in [0.2, 0.25) is 0 Å². The van der Waals surface area contributed by atoms with E-state index in [0.717, 1.165) is 0 Å². The Hall–Kier alpha value is 0.740. The van der Waals surface area contributed by atoms with Gasteiger partial charge in [-0.1, -0.05) is 12.8 Å². The van der Waals surface area contributed by atoms with Gasteiger partial charge >= 0.3 is 0 Å². The first-order valence-corrected chi connectivity index (χ1v) is 4.37. The first-order valence-electron chi connectivity index (χ1n) is 3.38. The van der Waals surface area contributed by atoms with Crippen LogP contribution in [0, 0.1) is 0 Å². The van der Waals surface area contributed by atoms with E-state index in [2.05, 4.69) is 22.1 Å². The lowest BCUT2D eigenvalue weighted by molar-refractivity contribution is 0.191. The molecule has 9 heavy (non-hydrogen) atoms. The molecule has 3 atom stereocenters. The van der Waals surface area contributed by atoms with Crippen molar-refractivity contribution in [3.63, 3.8) is 0 Å². The molecule has 0 heterocycles. The molecule has 3 heteroatoms. The van der Waals surface area contributed by atoms with Gasteiger partial charge in [0.1, 0.15) is 0 Å². The first-order chi connectivity index (χ1) is 4.34. The molecule has 0 amide bonds. The van der Waals surface area contributed by atoms with Crippen LogP contribution in [0.5, 0.6) is 0 Å². The molecule has 0 radical (unpaired) electrons. The van der Waals surface area contributed by atoms with Gasteiger partial charge < -0.3 is 4.52 Å². The van der Waals surface area contributed by atoms with Crippen molar-refractivity contribution >= 4 is 22.1 Å². The summed E-state index contributed by atoms with van der Waals surface area (Å²) in [6.07, 6.45) is 5.39. The minimum atomic E-state index is 0.382. The SMILES string of the molecule is POC1CCCC[C@@H]1S. The second kappa shape index (κ2) is 3.80. The summed E-state index contributed by atoms with van der Waals surface area (Å²) >= 11 is 4.40. The molecule has 1 rings (SSSR count). The van der Waals surface area contributed by atoms with Crippen LogP contribution < -0.4 is 0 Å². The summed E-state index contributed by atoms with van der Waals surface area (Å²) in [4.78, 5) is 0. The summed E-state index contributed by atoms with van der Waals surface area (Å²) < 4.78 is 5.14. The molecule has 1 aliphatic carbocycles. The van der Waals surface area contributed by atoms with Crippen molar-refractivity contribution in [3.05, 3.63) is 0 Å². The van der Waals surface area contributed by atoms with Crippen LogP contribution in [0.4, 0.5) is 0 Å². The van der Waals surface area contributed by atoms with Gasteiger partial charge in [0, 0.05) is 14.7 Å². The Morgan fingerprint density at radius 3 is 2.44 bits per heavy atom. The molecule has 0 aromatic heterocycles. The minimum Gasteiger partial charge on any atom is -0.361 e. The van der Waals surface area contributed by atoms with E-state index in [0.29, 0.717) is 11.4 Å². The fraction of sp³-hybridized carbons (Fsp3) is 1.00. The van der Waals surface area contributed by atoms with Crippen LogP contribution in [-0.4, -0.2) is 11.4 Å². The number of rotatable bonds is 1. The maximum Gasteiger partial charge on any atom is 0.0726 e. The lowest BCUT2D eigenvalue weighted by Crippen LogP contribution is -2.25. The normalized spacial score (nSPS) is 36.7. The van der Waals surface area contributed by atoms with Crippen LogP contribution in [-0.2, 0) is 4.52 Å². The summed E-state index contributed by atoms with van der Waals surface area (Å²) in [6, 6.07) is 0. The lowest BCUT2D eigenvalue weighted by Gasteiger charge is -2.25. The van der Waals surface area contributed by atoms with Crippen molar-refractivity contribution in [1.29, 1.82) is 0 Å². The fourth-order valence-electron chi connectivity index (χ4n) is 1.24. The monoisotopic (exact) mass is 164 g/mol. The third kappa shape index (κ3) is 2.10. The molecule has 0 aliphatic heterocycles. The van der Waals surface area contributed by atoms with E-state index in [1.165, 1.54) is 25.7 Å². The second-order valence-corrected chi connectivity index (χ2v) is 3.46. The van der Waals surface area contributed by atoms with Crippen LogP contribution in [0.1, 0.15) is 25.7 Å². The number of thiol groups is 1. The molecule has 2 unspecified atom stereocenters. The van der Waals surface area contributed by atoms with Gasteiger partial charge in [0.15, 0.2) is 0 Å². The molecule has 0 spiro atoms. The zero-order valence-corrected chi connectivity index (χ0v) is 7.47. The molecule has 1 saturated carbocycles. The second-order valence-electron chi connectivity index (χ2n) is 2.53. The Morgan fingerprint density at radius 1 is 1.33 bits per heavy atom. The molecule has 0 saturated heterocycles. The predicted octanol–water partition coefficient (Wildman–Crippen LogP) is 2.03. The van der Waals surface area contributed by atoms with E-state index in [4.69, 9.17) is 4.52 Å². The van der Waals surface area contributed by atoms with Crippen LogP contribution in [0.25, 0.3) is 0 Å². The van der Waals surface area contributed by atoms with E-state index in [1.54, 1.807) is 0 Å². The van der Waals surface area contributed by atoms with Crippen molar-refractivity contribution in [2.24, 2.45) is 0 Å². The van der Waals surface area contributed by atoms with Crippen molar-refractivity contribution < 1.29 is 4.52 Å². The van der Waals surface area contributed by atoms with Gasteiger partial charge in [-0.3, -0.25) is 0 Å². The molecule has 0 aromatic rings. The smallest absolute Gasteiger partial charge is 0.0726 e. The largest absolute Gasteiger partial charge is 0.361 e. The van der Waals surface area contributed by atoms with Crippen molar-refractivity contribution in [1.82, 2.24) is 0 Å². The Balaban J connectivity index is 2.30. The summed E-state index contributed by atoms with van der Waals surface area (Å²) in [5.41, 5.74) is 0. The highest BCUT2D eigenvalue weighted by atomic mass is 32.1. The van der Waals surface area contributed by atoms with Gasteiger partial charge in [0.25, 0.3) is 0 Å². The Morgan fingerprint density at radius 2 is 2.00 bits per heavy atom. The lowest BCUT2D eigenvalue weighted by atomic mass is 9.97. The standard InChI is InChI=1S/C6H13OPS/c8-7-5-3-1-2-4-6(5)9/h5-6,9H,1-4,8H2/t5?,6-/m0/s1. The predicted molar refractivity (Wildman–Crippen MR) is 45.8 cm³/mol. The molecule has 0 bridgehead atoms. The molecule has 54 valence electrons. The Labute approximate surface area is 64.2 Å². The van der Waals surface area contributed by atoms with Gasteiger partial charge in [0.05, 0.1) is 6.10 Å². The van der Waals surface area contributed by atoms with E-state index in [-0.39, 0.29) is 0 Å². The maximum atomic E-state index is 5.14. The summed E-state index contributed by atoms with van der Waals surface area (Å²) in [5, 5.41) is 0.469. The molecular weight excluding hydrogens is 151 g/mol. The summed E-state index contributed by atoms with van der Waals surface area (Å²) in [6.45, 7) is 0. The quantitative estimate of drug-likeness (QED) is 0.461. The van der Waals surface area contributed by atoms with E-state index in [9.17, 15) is 0 Å².